The van der Waals surface area contributed by atoms with Crippen LogP contribution in [0, 0.1) is 0 Å². The number of carbonyl (C=O) groups excluding carboxylic acids is 1. The van der Waals surface area contributed by atoms with Gasteiger partial charge in [0.2, 0.25) is 0 Å². The fraction of sp³-hybridized carbons (Fsp3) is 0.435. The lowest BCUT2D eigenvalue weighted by Crippen LogP contribution is -2.39. The maximum atomic E-state index is 12.3. The molecular weight excluding hydrogens is 352 g/mol. The fourth-order valence-corrected chi connectivity index (χ4v) is 3.60. The maximum absolute atomic E-state index is 12.3. The Hall–Kier alpha value is -2.37. The van der Waals surface area contributed by atoms with E-state index in [4.69, 9.17) is 4.74 Å². The molecule has 5 nitrogen and oxygen atoms in total. The number of carbonyl (C=O) groups is 1. The molecule has 0 saturated heterocycles. The predicted octanol–water partition coefficient (Wildman–Crippen LogP) is 2.67. The lowest BCUT2D eigenvalue weighted by atomic mass is 9.98. The van der Waals surface area contributed by atoms with Crippen molar-refractivity contribution in [1.29, 1.82) is 0 Å². The number of hydrogen-bond acceptors (Lipinski definition) is 4. The van der Waals surface area contributed by atoms with E-state index in [0.717, 1.165) is 37.0 Å². The second-order valence-electron chi connectivity index (χ2n) is 7.66. The van der Waals surface area contributed by atoms with E-state index in [2.05, 4.69) is 11.4 Å². The summed E-state index contributed by atoms with van der Waals surface area (Å²) in [4.78, 5) is 13.9. The molecule has 0 aromatic heterocycles. The van der Waals surface area contributed by atoms with Crippen molar-refractivity contribution in [2.24, 2.45) is 0 Å². The molecule has 3 rings (SSSR count). The molecule has 0 aliphatic heterocycles. The summed E-state index contributed by atoms with van der Waals surface area (Å²) in [5, 5.41) is 13.7. The summed E-state index contributed by atoms with van der Waals surface area (Å²) < 4.78 is 5.62. The lowest BCUT2D eigenvalue weighted by Gasteiger charge is -2.20. The third kappa shape index (κ3) is 5.57. The molecule has 2 N–H and O–H groups in total. The van der Waals surface area contributed by atoms with Crippen LogP contribution in [-0.4, -0.2) is 55.3 Å². The smallest absolute Gasteiger partial charge is 0.253 e. The van der Waals surface area contributed by atoms with Gasteiger partial charge in [0, 0.05) is 32.2 Å². The van der Waals surface area contributed by atoms with Crippen LogP contribution in [0.3, 0.4) is 0 Å². The van der Waals surface area contributed by atoms with E-state index in [0.29, 0.717) is 6.54 Å². The van der Waals surface area contributed by atoms with Crippen LogP contribution in [0.1, 0.15) is 34.3 Å². The van der Waals surface area contributed by atoms with Gasteiger partial charge in [0.15, 0.2) is 0 Å². The van der Waals surface area contributed by atoms with E-state index in [-0.39, 0.29) is 18.6 Å². The van der Waals surface area contributed by atoms with Crippen molar-refractivity contribution in [3.8, 4) is 5.75 Å². The standard InChI is InChI=1S/C23H30N2O3/c1-25(2)23(27)18-12-11-17-7-6-8-20(14-19(17)13-18)24-15-21(26)16-28-22-9-4-3-5-10-22/h3-5,9-13,20-21,24,26H,6-8,14-16H2,1-2H3/t20?,21-/m0/s1. The van der Waals surface area contributed by atoms with E-state index in [9.17, 15) is 9.90 Å². The zero-order valence-electron chi connectivity index (χ0n) is 16.7. The van der Waals surface area contributed by atoms with Crippen LogP contribution in [0.2, 0.25) is 0 Å². The molecule has 0 spiro atoms. The van der Waals surface area contributed by atoms with E-state index in [1.807, 2.05) is 42.5 Å². The first-order valence-corrected chi connectivity index (χ1v) is 9.95. The van der Waals surface area contributed by atoms with Gasteiger partial charge in [-0.25, -0.2) is 0 Å². The van der Waals surface area contributed by atoms with E-state index in [1.54, 1.807) is 19.0 Å². The van der Waals surface area contributed by atoms with Gasteiger partial charge in [-0.15, -0.1) is 0 Å². The van der Waals surface area contributed by atoms with E-state index < -0.39 is 6.10 Å². The Labute approximate surface area is 167 Å². The number of aryl methyl sites for hydroxylation is 1. The highest BCUT2D eigenvalue weighted by atomic mass is 16.5. The third-order valence-electron chi connectivity index (χ3n) is 5.15. The highest BCUT2D eigenvalue weighted by Crippen LogP contribution is 2.23. The number of benzene rings is 2. The summed E-state index contributed by atoms with van der Waals surface area (Å²) >= 11 is 0. The maximum Gasteiger partial charge on any atom is 0.253 e. The zero-order valence-corrected chi connectivity index (χ0v) is 16.7. The van der Waals surface area contributed by atoms with Crippen LogP contribution in [0.15, 0.2) is 48.5 Å². The minimum atomic E-state index is -0.565. The number of aliphatic hydroxyl groups is 1. The second-order valence-corrected chi connectivity index (χ2v) is 7.66. The normalized spacial score (nSPS) is 17.3. The lowest BCUT2D eigenvalue weighted by molar-refractivity contribution is 0.0827. The number of hydrogen-bond donors (Lipinski definition) is 2. The number of amides is 1. The Morgan fingerprint density at radius 3 is 2.75 bits per heavy atom. The molecule has 28 heavy (non-hydrogen) atoms. The Bertz CT molecular complexity index is 777. The molecule has 5 heteroatoms. The molecule has 0 bridgehead atoms. The number of aliphatic hydroxyl groups excluding tert-OH is 1. The summed E-state index contributed by atoms with van der Waals surface area (Å²) in [5.41, 5.74) is 3.30. The fourth-order valence-electron chi connectivity index (χ4n) is 3.60. The van der Waals surface area contributed by atoms with Crippen LogP contribution in [0.25, 0.3) is 0 Å². The van der Waals surface area contributed by atoms with Crippen LogP contribution < -0.4 is 10.1 Å². The van der Waals surface area contributed by atoms with Crippen molar-refractivity contribution in [3.05, 3.63) is 65.2 Å². The Balaban J connectivity index is 1.54. The van der Waals surface area contributed by atoms with Gasteiger partial charge in [0.05, 0.1) is 0 Å². The first kappa shape index (κ1) is 20.4. The number of fused-ring (bicyclic) bond motifs is 1. The largest absolute Gasteiger partial charge is 0.491 e. The molecule has 1 aliphatic carbocycles. The van der Waals surface area contributed by atoms with Crippen molar-refractivity contribution >= 4 is 5.91 Å². The topological polar surface area (TPSA) is 61.8 Å². The van der Waals surface area contributed by atoms with Gasteiger partial charge < -0.3 is 20.1 Å². The number of nitrogens with one attached hydrogen (secondary N) is 1. The van der Waals surface area contributed by atoms with Crippen molar-refractivity contribution in [2.45, 2.75) is 37.8 Å². The van der Waals surface area contributed by atoms with Crippen molar-refractivity contribution in [2.75, 3.05) is 27.2 Å². The third-order valence-corrected chi connectivity index (χ3v) is 5.15. The Kier molecular flexibility index (Phi) is 7.06. The monoisotopic (exact) mass is 382 g/mol. The summed E-state index contributed by atoms with van der Waals surface area (Å²) in [7, 11) is 3.55. The molecule has 0 heterocycles. The molecule has 150 valence electrons. The van der Waals surface area contributed by atoms with Gasteiger partial charge in [0.1, 0.15) is 18.5 Å². The Morgan fingerprint density at radius 1 is 1.21 bits per heavy atom. The van der Waals surface area contributed by atoms with Crippen molar-refractivity contribution in [3.63, 3.8) is 0 Å². The summed E-state index contributed by atoms with van der Waals surface area (Å²) in [5.74, 6) is 0.799. The zero-order chi connectivity index (χ0) is 19.9. The highest BCUT2D eigenvalue weighted by molar-refractivity contribution is 5.94. The quantitative estimate of drug-likeness (QED) is 0.723. The number of rotatable bonds is 7. The SMILES string of the molecule is CN(C)C(=O)c1ccc2c(c1)CC(NC[C@H](O)COc1ccccc1)CCC2. The molecule has 0 fully saturated rings. The number of para-hydroxylation sites is 1. The van der Waals surface area contributed by atoms with Crippen LogP contribution in [-0.2, 0) is 12.8 Å². The molecule has 2 atom stereocenters. The second kappa shape index (κ2) is 9.71. The van der Waals surface area contributed by atoms with Crippen molar-refractivity contribution < 1.29 is 14.6 Å². The molecule has 0 radical (unpaired) electrons. The first-order valence-electron chi connectivity index (χ1n) is 9.95. The van der Waals surface area contributed by atoms with Gasteiger partial charge in [-0.2, -0.15) is 0 Å². The van der Waals surface area contributed by atoms with Gasteiger partial charge in [0.25, 0.3) is 5.91 Å². The minimum Gasteiger partial charge on any atom is -0.491 e. The highest BCUT2D eigenvalue weighted by Gasteiger charge is 2.19. The van der Waals surface area contributed by atoms with Gasteiger partial charge >= 0.3 is 0 Å². The summed E-state index contributed by atoms with van der Waals surface area (Å²) in [6.07, 6.45) is 3.49. The minimum absolute atomic E-state index is 0.0324. The number of nitrogens with zero attached hydrogens (tertiary/aromatic N) is 1. The van der Waals surface area contributed by atoms with E-state index in [1.165, 1.54) is 11.1 Å². The van der Waals surface area contributed by atoms with Crippen molar-refractivity contribution in [1.82, 2.24) is 10.2 Å². The molecule has 0 saturated carbocycles. The van der Waals surface area contributed by atoms with Gasteiger partial charge in [-0.3, -0.25) is 4.79 Å². The molecule has 2 aromatic rings. The molecule has 1 amide bonds. The molecule has 1 unspecified atom stereocenters. The molecule has 2 aromatic carbocycles. The van der Waals surface area contributed by atoms with E-state index >= 15 is 0 Å². The van der Waals surface area contributed by atoms with Crippen LogP contribution >= 0.6 is 0 Å². The number of ether oxygens (including phenoxy) is 1. The Morgan fingerprint density at radius 2 is 2.00 bits per heavy atom. The summed E-state index contributed by atoms with van der Waals surface area (Å²) in [6, 6.07) is 15.9. The average Bonchev–Trinajstić information content (AvgIpc) is 2.92. The summed E-state index contributed by atoms with van der Waals surface area (Å²) in [6.45, 7) is 0.755. The molecule has 1 aliphatic rings. The van der Waals surface area contributed by atoms with Gasteiger partial charge in [-0.1, -0.05) is 24.3 Å². The van der Waals surface area contributed by atoms with Crippen LogP contribution in [0.4, 0.5) is 0 Å². The van der Waals surface area contributed by atoms with Crippen LogP contribution in [0.5, 0.6) is 5.75 Å². The predicted molar refractivity (Wildman–Crippen MR) is 111 cm³/mol. The van der Waals surface area contributed by atoms with Gasteiger partial charge in [-0.05, 0) is 61.1 Å². The molecular formula is C23H30N2O3. The average molecular weight is 383 g/mol. The first-order chi connectivity index (χ1) is 13.5.